The van der Waals surface area contributed by atoms with E-state index in [4.69, 9.17) is 13.9 Å². The molecule has 1 aromatic carbocycles. The summed E-state index contributed by atoms with van der Waals surface area (Å²) >= 11 is 0. The number of aromatic nitrogens is 2. The van der Waals surface area contributed by atoms with E-state index in [1.165, 1.54) is 6.39 Å². The first-order valence-corrected chi connectivity index (χ1v) is 5.49. The summed E-state index contributed by atoms with van der Waals surface area (Å²) in [6.45, 7) is 0.576. The zero-order valence-corrected chi connectivity index (χ0v) is 10.3. The van der Waals surface area contributed by atoms with Crippen LogP contribution < -0.4 is 5.32 Å². The van der Waals surface area contributed by atoms with Gasteiger partial charge in [-0.1, -0.05) is 0 Å². The Bertz CT molecular complexity index is 452. The van der Waals surface area contributed by atoms with E-state index in [0.717, 1.165) is 11.3 Å². The fraction of sp³-hybridized carbons (Fsp3) is 0.333. The summed E-state index contributed by atoms with van der Waals surface area (Å²) in [6.07, 6.45) is 1.05. The van der Waals surface area contributed by atoms with E-state index in [-0.39, 0.29) is 6.29 Å². The molecule has 6 nitrogen and oxygen atoms in total. The lowest BCUT2D eigenvalue weighted by molar-refractivity contribution is -0.0914. The highest BCUT2D eigenvalue weighted by Gasteiger charge is 2.05. The molecule has 2 aromatic rings. The Hall–Kier alpha value is -1.92. The number of methoxy groups -OCH3 is 2. The van der Waals surface area contributed by atoms with Crippen LogP contribution in [0.1, 0.15) is 0 Å². The lowest BCUT2D eigenvalue weighted by atomic mass is 10.2. The highest BCUT2D eigenvalue weighted by molar-refractivity contribution is 5.58. The molecule has 0 fully saturated rings. The van der Waals surface area contributed by atoms with Crippen molar-refractivity contribution in [1.29, 1.82) is 0 Å². The monoisotopic (exact) mass is 249 g/mol. The Morgan fingerprint density at radius 3 is 2.50 bits per heavy atom. The van der Waals surface area contributed by atoms with Gasteiger partial charge in [0, 0.05) is 25.5 Å². The summed E-state index contributed by atoms with van der Waals surface area (Å²) < 4.78 is 15.3. The molecule has 0 spiro atoms. The number of hydrogen-bond donors (Lipinski definition) is 1. The fourth-order valence-corrected chi connectivity index (χ4v) is 1.49. The molecule has 6 heteroatoms. The first-order chi connectivity index (χ1) is 8.83. The van der Waals surface area contributed by atoms with E-state index in [1.54, 1.807) is 14.2 Å². The second kappa shape index (κ2) is 6.13. The minimum Gasteiger partial charge on any atom is -0.423 e. The molecule has 0 radical (unpaired) electrons. The van der Waals surface area contributed by atoms with Gasteiger partial charge >= 0.3 is 0 Å². The van der Waals surface area contributed by atoms with E-state index in [1.807, 2.05) is 24.3 Å². The van der Waals surface area contributed by atoms with E-state index >= 15 is 0 Å². The molecule has 0 atom stereocenters. The number of benzene rings is 1. The highest BCUT2D eigenvalue weighted by atomic mass is 16.7. The van der Waals surface area contributed by atoms with Crippen molar-refractivity contribution in [3.63, 3.8) is 0 Å². The molecule has 0 bridgehead atoms. The maximum Gasteiger partial charge on any atom is 0.247 e. The van der Waals surface area contributed by atoms with Gasteiger partial charge in [-0.15, -0.1) is 10.2 Å². The predicted molar refractivity (Wildman–Crippen MR) is 66.0 cm³/mol. The summed E-state index contributed by atoms with van der Waals surface area (Å²) in [5, 5.41) is 10.7. The predicted octanol–water partition coefficient (Wildman–Crippen LogP) is 1.77. The molecule has 0 aliphatic rings. The van der Waals surface area contributed by atoms with Gasteiger partial charge in [0.05, 0.1) is 6.54 Å². The van der Waals surface area contributed by atoms with E-state index in [0.29, 0.717) is 12.4 Å². The van der Waals surface area contributed by atoms with Gasteiger partial charge in [-0.05, 0) is 24.3 Å². The third kappa shape index (κ3) is 3.06. The molecule has 0 saturated carbocycles. The van der Waals surface area contributed by atoms with Crippen LogP contribution in [0.2, 0.25) is 0 Å². The van der Waals surface area contributed by atoms with E-state index in [9.17, 15) is 0 Å². The minimum absolute atomic E-state index is 0.263. The SMILES string of the molecule is COC(CNc1ccc(-c2nnco2)cc1)OC. The number of rotatable bonds is 6. The number of ether oxygens (including phenoxy) is 2. The van der Waals surface area contributed by atoms with Gasteiger partial charge in [0.25, 0.3) is 0 Å². The Kier molecular flexibility index (Phi) is 4.27. The maximum absolute atomic E-state index is 5.11. The number of anilines is 1. The van der Waals surface area contributed by atoms with Crippen molar-refractivity contribution in [2.45, 2.75) is 6.29 Å². The molecule has 0 amide bonds. The minimum atomic E-state index is -0.263. The summed E-state index contributed by atoms with van der Waals surface area (Å²) in [6, 6.07) is 7.68. The molecule has 18 heavy (non-hydrogen) atoms. The Labute approximate surface area is 105 Å². The summed E-state index contributed by atoms with van der Waals surface area (Å²) in [4.78, 5) is 0. The van der Waals surface area contributed by atoms with Crippen LogP contribution in [0.5, 0.6) is 0 Å². The molecule has 1 heterocycles. The lowest BCUT2D eigenvalue weighted by Crippen LogP contribution is -2.23. The van der Waals surface area contributed by atoms with Gasteiger partial charge in [0.15, 0.2) is 6.29 Å². The third-order valence-electron chi connectivity index (χ3n) is 2.49. The second-order valence-corrected chi connectivity index (χ2v) is 3.60. The zero-order valence-electron chi connectivity index (χ0n) is 10.3. The number of nitrogens with zero attached hydrogens (tertiary/aromatic N) is 2. The van der Waals surface area contributed by atoms with Gasteiger partial charge < -0.3 is 19.2 Å². The standard InChI is InChI=1S/C12H15N3O3/c1-16-11(17-2)7-13-10-5-3-9(4-6-10)12-15-14-8-18-12/h3-6,8,11,13H,7H2,1-2H3. The Morgan fingerprint density at radius 1 is 1.22 bits per heavy atom. The highest BCUT2D eigenvalue weighted by Crippen LogP contribution is 2.18. The van der Waals surface area contributed by atoms with Gasteiger partial charge in [0.2, 0.25) is 12.3 Å². The summed E-state index contributed by atoms with van der Waals surface area (Å²) in [7, 11) is 3.21. The Balaban J connectivity index is 1.96. The molecule has 0 aliphatic heterocycles. The van der Waals surface area contributed by atoms with Crippen LogP contribution in [0.15, 0.2) is 35.1 Å². The first-order valence-electron chi connectivity index (χ1n) is 5.49. The fourth-order valence-electron chi connectivity index (χ4n) is 1.49. The third-order valence-corrected chi connectivity index (χ3v) is 2.49. The van der Waals surface area contributed by atoms with Crippen LogP contribution >= 0.6 is 0 Å². The largest absolute Gasteiger partial charge is 0.423 e. The average Bonchev–Trinajstić information content (AvgIpc) is 2.94. The number of hydrogen-bond acceptors (Lipinski definition) is 6. The summed E-state index contributed by atoms with van der Waals surface area (Å²) in [5.41, 5.74) is 1.85. The lowest BCUT2D eigenvalue weighted by Gasteiger charge is -2.14. The number of nitrogens with one attached hydrogen (secondary N) is 1. The van der Waals surface area contributed by atoms with Crippen molar-refractivity contribution < 1.29 is 13.9 Å². The Morgan fingerprint density at radius 2 is 1.94 bits per heavy atom. The van der Waals surface area contributed by atoms with Gasteiger partial charge in [-0.2, -0.15) is 0 Å². The molecule has 2 rings (SSSR count). The average molecular weight is 249 g/mol. The smallest absolute Gasteiger partial charge is 0.247 e. The normalized spacial score (nSPS) is 10.8. The molecule has 96 valence electrons. The van der Waals surface area contributed by atoms with Crippen molar-refractivity contribution in [3.05, 3.63) is 30.7 Å². The molecule has 1 N–H and O–H groups in total. The van der Waals surface area contributed by atoms with Crippen LogP contribution in [-0.2, 0) is 9.47 Å². The molecule has 0 aliphatic carbocycles. The zero-order chi connectivity index (χ0) is 12.8. The van der Waals surface area contributed by atoms with Crippen LogP contribution in [0.3, 0.4) is 0 Å². The van der Waals surface area contributed by atoms with Crippen LogP contribution in [0.25, 0.3) is 11.5 Å². The second-order valence-electron chi connectivity index (χ2n) is 3.60. The maximum atomic E-state index is 5.11. The van der Waals surface area contributed by atoms with Crippen molar-refractivity contribution >= 4 is 5.69 Å². The van der Waals surface area contributed by atoms with Crippen molar-refractivity contribution in [2.75, 3.05) is 26.1 Å². The van der Waals surface area contributed by atoms with Gasteiger partial charge in [-0.3, -0.25) is 0 Å². The molecular weight excluding hydrogens is 234 g/mol. The molecule has 0 unspecified atom stereocenters. The quantitative estimate of drug-likeness (QED) is 0.787. The molecule has 0 saturated heterocycles. The van der Waals surface area contributed by atoms with E-state index < -0.39 is 0 Å². The van der Waals surface area contributed by atoms with Gasteiger partial charge in [0.1, 0.15) is 0 Å². The summed E-state index contributed by atoms with van der Waals surface area (Å²) in [5.74, 6) is 0.508. The molecule has 1 aromatic heterocycles. The van der Waals surface area contributed by atoms with Crippen LogP contribution in [-0.4, -0.2) is 37.3 Å². The molecular formula is C12H15N3O3. The van der Waals surface area contributed by atoms with Crippen molar-refractivity contribution in [2.24, 2.45) is 0 Å². The van der Waals surface area contributed by atoms with Crippen LogP contribution in [0, 0.1) is 0 Å². The van der Waals surface area contributed by atoms with Gasteiger partial charge in [-0.25, -0.2) is 0 Å². The topological polar surface area (TPSA) is 69.4 Å². The van der Waals surface area contributed by atoms with Crippen molar-refractivity contribution in [3.8, 4) is 11.5 Å². The van der Waals surface area contributed by atoms with E-state index in [2.05, 4.69) is 15.5 Å². The van der Waals surface area contributed by atoms with Crippen LogP contribution in [0.4, 0.5) is 5.69 Å². The van der Waals surface area contributed by atoms with Crippen molar-refractivity contribution in [1.82, 2.24) is 10.2 Å². The first kappa shape index (κ1) is 12.5.